The topological polar surface area (TPSA) is 90.0 Å². The van der Waals surface area contributed by atoms with E-state index in [1.54, 1.807) is 25.5 Å². The molecule has 6 nitrogen and oxygen atoms in total. The highest BCUT2D eigenvalue weighted by atomic mass is 32.2. The van der Waals surface area contributed by atoms with Crippen molar-refractivity contribution < 1.29 is 8.42 Å². The number of rotatable bonds is 5. The maximum atomic E-state index is 12.0. The highest BCUT2D eigenvalue weighted by Crippen LogP contribution is 2.10. The van der Waals surface area contributed by atoms with Crippen LogP contribution in [-0.4, -0.2) is 30.6 Å². The number of nitrogens with two attached hydrogens (primary N) is 1. The Morgan fingerprint density at radius 2 is 2.12 bits per heavy atom. The Balaban J connectivity index is 2.89. The normalized spacial score (nSPS) is 15.8. The molecule has 2 atom stereocenters. The Kier molecular flexibility index (Phi) is 4.29. The SMILES string of the molecule is Cc1nc(S(=O)(=O)NC(C)C(C)CN)cn1C. The molecule has 7 heteroatoms. The van der Waals surface area contributed by atoms with Crippen LogP contribution in [0.5, 0.6) is 0 Å². The molecule has 0 bridgehead atoms. The van der Waals surface area contributed by atoms with E-state index in [2.05, 4.69) is 9.71 Å². The first kappa shape index (κ1) is 14.1. The van der Waals surface area contributed by atoms with E-state index in [0.717, 1.165) is 0 Å². The minimum atomic E-state index is -3.55. The summed E-state index contributed by atoms with van der Waals surface area (Å²) in [6, 6.07) is -0.215. The van der Waals surface area contributed by atoms with Gasteiger partial charge in [-0.1, -0.05) is 6.92 Å². The predicted octanol–water partition coefficient (Wildman–Crippen LogP) is -0.00988. The van der Waals surface area contributed by atoms with Gasteiger partial charge in [0, 0.05) is 19.3 Å². The predicted molar refractivity (Wildman–Crippen MR) is 65.9 cm³/mol. The van der Waals surface area contributed by atoms with Gasteiger partial charge < -0.3 is 10.3 Å². The average molecular weight is 260 g/mol. The van der Waals surface area contributed by atoms with Crippen LogP contribution in [-0.2, 0) is 17.1 Å². The van der Waals surface area contributed by atoms with Crippen LogP contribution >= 0.6 is 0 Å². The molecule has 0 saturated carbocycles. The summed E-state index contributed by atoms with van der Waals surface area (Å²) in [6.07, 6.45) is 1.50. The van der Waals surface area contributed by atoms with Crippen molar-refractivity contribution in [3.8, 4) is 0 Å². The molecule has 0 aliphatic rings. The Morgan fingerprint density at radius 1 is 1.53 bits per heavy atom. The van der Waals surface area contributed by atoms with Crippen LogP contribution in [0.1, 0.15) is 19.7 Å². The minimum Gasteiger partial charge on any atom is -0.337 e. The monoisotopic (exact) mass is 260 g/mol. The van der Waals surface area contributed by atoms with Gasteiger partial charge in [0.25, 0.3) is 10.0 Å². The Hall–Kier alpha value is -0.920. The molecule has 17 heavy (non-hydrogen) atoms. The Morgan fingerprint density at radius 3 is 2.53 bits per heavy atom. The first-order valence-corrected chi connectivity index (χ1v) is 6.98. The zero-order chi connectivity index (χ0) is 13.2. The van der Waals surface area contributed by atoms with Crippen molar-refractivity contribution in [1.82, 2.24) is 14.3 Å². The van der Waals surface area contributed by atoms with Crippen molar-refractivity contribution in [2.24, 2.45) is 18.7 Å². The summed E-state index contributed by atoms with van der Waals surface area (Å²) in [6.45, 7) is 5.89. The average Bonchev–Trinajstić information content (AvgIpc) is 2.58. The van der Waals surface area contributed by atoms with Crippen LogP contribution in [0.25, 0.3) is 0 Å². The lowest BCUT2D eigenvalue weighted by Crippen LogP contribution is -2.39. The number of sulfonamides is 1. The molecule has 2 unspecified atom stereocenters. The van der Waals surface area contributed by atoms with Gasteiger partial charge in [0.2, 0.25) is 0 Å². The van der Waals surface area contributed by atoms with E-state index >= 15 is 0 Å². The molecule has 0 saturated heterocycles. The van der Waals surface area contributed by atoms with Crippen LogP contribution in [0, 0.1) is 12.8 Å². The summed E-state index contributed by atoms with van der Waals surface area (Å²) in [5.41, 5.74) is 5.50. The lowest BCUT2D eigenvalue weighted by molar-refractivity contribution is 0.452. The summed E-state index contributed by atoms with van der Waals surface area (Å²) in [4.78, 5) is 4.00. The zero-order valence-electron chi connectivity index (χ0n) is 10.6. The van der Waals surface area contributed by atoms with E-state index in [-0.39, 0.29) is 17.0 Å². The molecular weight excluding hydrogens is 240 g/mol. The van der Waals surface area contributed by atoms with Crippen LogP contribution < -0.4 is 10.5 Å². The first-order valence-electron chi connectivity index (χ1n) is 5.50. The summed E-state index contributed by atoms with van der Waals surface area (Å²) in [5, 5.41) is 0.0496. The molecule has 1 aromatic rings. The van der Waals surface area contributed by atoms with E-state index in [0.29, 0.717) is 12.4 Å². The van der Waals surface area contributed by atoms with Crippen molar-refractivity contribution in [3.05, 3.63) is 12.0 Å². The third kappa shape index (κ3) is 3.27. The lowest BCUT2D eigenvalue weighted by atomic mass is 10.1. The molecule has 0 aliphatic carbocycles. The standard InChI is InChI=1S/C10H20N4O2S/c1-7(5-11)8(2)13-17(15,16)10-6-14(4)9(3)12-10/h6-8,13H,5,11H2,1-4H3. The van der Waals surface area contributed by atoms with Gasteiger partial charge >= 0.3 is 0 Å². The van der Waals surface area contributed by atoms with E-state index < -0.39 is 10.0 Å². The van der Waals surface area contributed by atoms with Gasteiger partial charge in [-0.15, -0.1) is 0 Å². The molecule has 0 fully saturated rings. The second kappa shape index (κ2) is 5.16. The maximum Gasteiger partial charge on any atom is 0.259 e. The number of hydrogen-bond donors (Lipinski definition) is 2. The van der Waals surface area contributed by atoms with Crippen LogP contribution in [0.4, 0.5) is 0 Å². The third-order valence-corrected chi connectivity index (χ3v) is 4.36. The van der Waals surface area contributed by atoms with Gasteiger partial charge in [-0.05, 0) is 26.3 Å². The first-order chi connectivity index (χ1) is 7.77. The molecular formula is C10H20N4O2S. The fourth-order valence-corrected chi connectivity index (χ4v) is 2.67. The van der Waals surface area contributed by atoms with E-state index in [4.69, 9.17) is 5.73 Å². The Bertz CT molecular complexity index is 461. The van der Waals surface area contributed by atoms with Crippen molar-refractivity contribution >= 4 is 10.0 Å². The molecule has 0 radical (unpaired) electrons. The summed E-state index contributed by atoms with van der Waals surface area (Å²) >= 11 is 0. The van der Waals surface area contributed by atoms with Crippen molar-refractivity contribution in [1.29, 1.82) is 0 Å². The van der Waals surface area contributed by atoms with E-state index in [1.165, 1.54) is 6.20 Å². The summed E-state index contributed by atoms with van der Waals surface area (Å²) in [7, 11) is -1.80. The van der Waals surface area contributed by atoms with E-state index in [9.17, 15) is 8.42 Å². The third-order valence-electron chi connectivity index (χ3n) is 2.93. The highest BCUT2D eigenvalue weighted by molar-refractivity contribution is 7.89. The molecule has 0 spiro atoms. The van der Waals surface area contributed by atoms with Crippen molar-refractivity contribution in [2.75, 3.05) is 6.54 Å². The van der Waals surface area contributed by atoms with Gasteiger partial charge in [0.15, 0.2) is 5.03 Å². The largest absolute Gasteiger partial charge is 0.337 e. The van der Waals surface area contributed by atoms with Gasteiger partial charge in [0.1, 0.15) is 5.82 Å². The molecule has 1 heterocycles. The molecule has 0 amide bonds. The Labute approximate surface area is 102 Å². The van der Waals surface area contributed by atoms with E-state index in [1.807, 2.05) is 6.92 Å². The second-order valence-corrected chi connectivity index (χ2v) is 6.02. The minimum absolute atomic E-state index is 0.0496. The number of imidazole rings is 1. The summed E-state index contributed by atoms with van der Waals surface area (Å²) < 4.78 is 28.3. The van der Waals surface area contributed by atoms with Gasteiger partial charge in [-0.3, -0.25) is 0 Å². The zero-order valence-corrected chi connectivity index (χ0v) is 11.5. The molecule has 0 aromatic carbocycles. The van der Waals surface area contributed by atoms with Crippen LogP contribution in [0.2, 0.25) is 0 Å². The summed E-state index contributed by atoms with van der Waals surface area (Å²) in [5.74, 6) is 0.736. The van der Waals surface area contributed by atoms with Gasteiger partial charge in [-0.25, -0.2) is 18.1 Å². The number of nitrogens with zero attached hydrogens (tertiary/aromatic N) is 2. The highest BCUT2D eigenvalue weighted by Gasteiger charge is 2.23. The number of hydrogen-bond acceptors (Lipinski definition) is 4. The number of aryl methyl sites for hydroxylation is 2. The maximum absolute atomic E-state index is 12.0. The molecule has 1 rings (SSSR count). The van der Waals surface area contributed by atoms with Crippen LogP contribution in [0.15, 0.2) is 11.2 Å². The van der Waals surface area contributed by atoms with Crippen molar-refractivity contribution in [3.63, 3.8) is 0 Å². The van der Waals surface area contributed by atoms with Gasteiger partial charge in [-0.2, -0.15) is 0 Å². The lowest BCUT2D eigenvalue weighted by Gasteiger charge is -2.18. The quantitative estimate of drug-likeness (QED) is 0.779. The van der Waals surface area contributed by atoms with Gasteiger partial charge in [0.05, 0.1) is 0 Å². The van der Waals surface area contributed by atoms with Crippen molar-refractivity contribution in [2.45, 2.75) is 31.8 Å². The van der Waals surface area contributed by atoms with Crippen LogP contribution in [0.3, 0.4) is 0 Å². The second-order valence-electron chi connectivity index (χ2n) is 4.36. The number of nitrogens with one attached hydrogen (secondary N) is 1. The molecule has 1 aromatic heterocycles. The molecule has 0 aliphatic heterocycles. The smallest absolute Gasteiger partial charge is 0.259 e. The fraction of sp³-hybridized carbons (Fsp3) is 0.700. The number of aromatic nitrogens is 2. The fourth-order valence-electron chi connectivity index (χ4n) is 1.28. The molecule has 98 valence electrons. The molecule has 3 N–H and O–H groups in total.